The van der Waals surface area contributed by atoms with Crippen LogP contribution in [0.1, 0.15) is 12.5 Å². The van der Waals surface area contributed by atoms with Crippen LogP contribution in [0.5, 0.6) is 11.5 Å². The quantitative estimate of drug-likeness (QED) is 0.204. The number of hydrogen-bond donors (Lipinski definition) is 1. The molecule has 0 radical (unpaired) electrons. The van der Waals surface area contributed by atoms with Gasteiger partial charge in [0.05, 0.1) is 24.4 Å². The number of benzene rings is 1. The van der Waals surface area contributed by atoms with Crippen molar-refractivity contribution in [1.29, 1.82) is 0 Å². The molecule has 0 atom stereocenters. The third kappa shape index (κ3) is 5.93. The van der Waals surface area contributed by atoms with Crippen molar-refractivity contribution in [3.05, 3.63) is 26.8 Å². The number of rotatable bonds is 8. The topological polar surface area (TPSA) is 108 Å². The average Bonchev–Trinajstić information content (AvgIpc) is 2.57. The molecule has 1 N–H and O–H groups in total. The molecule has 0 amide bonds. The van der Waals surface area contributed by atoms with Crippen LogP contribution in [-0.4, -0.2) is 50.4 Å². The molecule has 0 heterocycles. The Labute approximate surface area is 157 Å². The Hall–Kier alpha value is -2.30. The lowest BCUT2D eigenvalue weighted by molar-refractivity contribution is -0.144. The fraction of sp³-hybridized carbons (Fsp3) is 0.312. The van der Waals surface area contributed by atoms with Gasteiger partial charge < -0.3 is 24.1 Å². The average molecular weight is 464 g/mol. The Bertz CT molecular complexity index is 678. The van der Waals surface area contributed by atoms with E-state index in [4.69, 9.17) is 14.6 Å². The van der Waals surface area contributed by atoms with Gasteiger partial charge in [-0.15, -0.1) is 0 Å². The molecule has 0 aliphatic rings. The summed E-state index contributed by atoms with van der Waals surface area (Å²) in [5.41, 5.74) is 0.170. The summed E-state index contributed by atoms with van der Waals surface area (Å²) >= 11 is 1.94. The highest BCUT2D eigenvalue weighted by molar-refractivity contribution is 14.1. The summed E-state index contributed by atoms with van der Waals surface area (Å²) in [6.07, 6.45) is 1.29. The highest BCUT2D eigenvalue weighted by Crippen LogP contribution is 2.35. The number of carboxylic acid groups (broad SMARTS) is 1. The van der Waals surface area contributed by atoms with Crippen LogP contribution in [0.2, 0.25) is 0 Å². The second-order valence-corrected chi connectivity index (χ2v) is 5.65. The Kier molecular flexibility index (Phi) is 8.19. The highest BCUT2D eigenvalue weighted by Gasteiger charge is 2.21. The summed E-state index contributed by atoms with van der Waals surface area (Å²) in [5.74, 6) is -2.26. The van der Waals surface area contributed by atoms with Crippen LogP contribution in [0, 0.1) is 3.57 Å². The van der Waals surface area contributed by atoms with Crippen LogP contribution in [0.15, 0.2) is 17.7 Å². The van der Waals surface area contributed by atoms with Gasteiger partial charge in [-0.3, -0.25) is 0 Å². The van der Waals surface area contributed by atoms with Crippen LogP contribution in [-0.2, 0) is 23.9 Å². The summed E-state index contributed by atoms with van der Waals surface area (Å²) in [6.45, 7) is 1.54. The predicted octanol–water partition coefficient (Wildman–Crippen LogP) is 1.88. The molecule has 0 bridgehead atoms. The predicted molar refractivity (Wildman–Crippen MR) is 95.5 cm³/mol. The minimum absolute atomic E-state index is 0.264. The fourth-order valence-electron chi connectivity index (χ4n) is 1.80. The van der Waals surface area contributed by atoms with Crippen LogP contribution in [0.3, 0.4) is 0 Å². The van der Waals surface area contributed by atoms with Gasteiger partial charge >= 0.3 is 17.9 Å². The molecule has 1 aromatic carbocycles. The van der Waals surface area contributed by atoms with Crippen LogP contribution in [0.4, 0.5) is 0 Å². The third-order valence-electron chi connectivity index (χ3n) is 2.79. The first kappa shape index (κ1) is 20.7. The Balaban J connectivity index is 3.36. The van der Waals surface area contributed by atoms with Crippen molar-refractivity contribution < 1.29 is 38.4 Å². The number of methoxy groups -OCH3 is 2. The molecule has 0 aliphatic heterocycles. The first-order valence-corrected chi connectivity index (χ1v) is 8.11. The van der Waals surface area contributed by atoms with Gasteiger partial charge in [0, 0.05) is 0 Å². The van der Waals surface area contributed by atoms with E-state index in [0.717, 1.165) is 14.2 Å². The largest absolute Gasteiger partial charge is 0.490 e. The number of carbonyl (C=O) groups excluding carboxylic acids is 2. The van der Waals surface area contributed by atoms with E-state index in [-0.39, 0.29) is 17.1 Å². The lowest BCUT2D eigenvalue weighted by Gasteiger charge is -2.14. The van der Waals surface area contributed by atoms with Gasteiger partial charge in [0.25, 0.3) is 0 Å². The second kappa shape index (κ2) is 9.87. The Morgan fingerprint density at radius 1 is 1.12 bits per heavy atom. The maximum Gasteiger partial charge on any atom is 0.345 e. The fourth-order valence-corrected chi connectivity index (χ4v) is 2.58. The highest BCUT2D eigenvalue weighted by atomic mass is 127. The van der Waals surface area contributed by atoms with E-state index in [1.165, 1.54) is 12.1 Å². The summed E-state index contributed by atoms with van der Waals surface area (Å²) < 4.78 is 20.4. The summed E-state index contributed by atoms with van der Waals surface area (Å²) in [7, 11) is 2.30. The minimum atomic E-state index is -1.12. The van der Waals surface area contributed by atoms with Gasteiger partial charge in [-0.2, -0.15) is 0 Å². The number of carbonyl (C=O) groups is 3. The minimum Gasteiger partial charge on any atom is -0.490 e. The van der Waals surface area contributed by atoms with E-state index >= 15 is 0 Å². The molecule has 25 heavy (non-hydrogen) atoms. The monoisotopic (exact) mass is 464 g/mol. The van der Waals surface area contributed by atoms with E-state index in [1.807, 2.05) is 22.6 Å². The van der Waals surface area contributed by atoms with E-state index in [2.05, 4.69) is 9.47 Å². The zero-order chi connectivity index (χ0) is 19.0. The van der Waals surface area contributed by atoms with Gasteiger partial charge in [-0.1, -0.05) is 0 Å². The zero-order valence-corrected chi connectivity index (χ0v) is 16.0. The molecular weight excluding hydrogens is 447 g/mol. The van der Waals surface area contributed by atoms with Gasteiger partial charge in [0.15, 0.2) is 18.1 Å². The van der Waals surface area contributed by atoms with Crippen molar-refractivity contribution in [1.82, 2.24) is 0 Å². The normalized spacial score (nSPS) is 9.76. The maximum absolute atomic E-state index is 11.7. The Morgan fingerprint density at radius 2 is 1.72 bits per heavy atom. The molecule has 0 fully saturated rings. The van der Waals surface area contributed by atoms with Crippen LogP contribution >= 0.6 is 22.6 Å². The van der Waals surface area contributed by atoms with E-state index in [1.54, 1.807) is 13.0 Å². The van der Waals surface area contributed by atoms with Gasteiger partial charge in [-0.05, 0) is 53.3 Å². The molecule has 1 aromatic rings. The van der Waals surface area contributed by atoms with Crippen molar-refractivity contribution in [2.24, 2.45) is 0 Å². The first-order valence-electron chi connectivity index (χ1n) is 7.03. The van der Waals surface area contributed by atoms with Crippen molar-refractivity contribution in [3.63, 3.8) is 0 Å². The summed E-state index contributed by atoms with van der Waals surface area (Å²) in [4.78, 5) is 34.2. The SMILES string of the molecule is CCOc1cc(C=C(C(=O)OC)C(=O)OC)cc(I)c1OCC(=O)O. The van der Waals surface area contributed by atoms with Crippen molar-refractivity contribution in [2.75, 3.05) is 27.4 Å². The number of carboxylic acids is 1. The van der Waals surface area contributed by atoms with Crippen LogP contribution in [0.25, 0.3) is 6.08 Å². The molecule has 0 unspecified atom stereocenters. The van der Waals surface area contributed by atoms with Crippen LogP contribution < -0.4 is 9.47 Å². The maximum atomic E-state index is 11.7. The van der Waals surface area contributed by atoms with E-state index in [9.17, 15) is 14.4 Å². The standard InChI is InChI=1S/C16H17IO8/c1-4-24-12-7-9(5-10(15(20)22-2)16(21)23-3)6-11(17)14(12)25-8-13(18)19/h5-7H,4,8H2,1-3H3,(H,18,19). The molecule has 8 nitrogen and oxygen atoms in total. The van der Waals surface area contributed by atoms with Crippen molar-refractivity contribution >= 4 is 46.6 Å². The van der Waals surface area contributed by atoms with E-state index in [0.29, 0.717) is 15.7 Å². The lowest BCUT2D eigenvalue weighted by atomic mass is 10.1. The first-order chi connectivity index (χ1) is 11.8. The third-order valence-corrected chi connectivity index (χ3v) is 3.59. The number of esters is 2. The van der Waals surface area contributed by atoms with Crippen molar-refractivity contribution in [3.8, 4) is 11.5 Å². The molecule has 0 saturated heterocycles. The number of ether oxygens (including phenoxy) is 4. The van der Waals surface area contributed by atoms with Gasteiger partial charge in [-0.25, -0.2) is 14.4 Å². The zero-order valence-electron chi connectivity index (χ0n) is 13.8. The molecule has 9 heteroatoms. The summed E-state index contributed by atoms with van der Waals surface area (Å²) in [6, 6.07) is 3.13. The molecule has 0 spiro atoms. The number of hydrogen-bond acceptors (Lipinski definition) is 7. The Morgan fingerprint density at radius 3 is 2.20 bits per heavy atom. The van der Waals surface area contributed by atoms with Gasteiger partial charge in [0.2, 0.25) is 0 Å². The molecule has 0 saturated carbocycles. The molecule has 0 aliphatic carbocycles. The number of aliphatic carboxylic acids is 1. The van der Waals surface area contributed by atoms with Crippen molar-refractivity contribution in [2.45, 2.75) is 6.92 Å². The summed E-state index contributed by atoms with van der Waals surface area (Å²) in [5, 5.41) is 8.76. The second-order valence-electron chi connectivity index (χ2n) is 4.49. The van der Waals surface area contributed by atoms with E-state index < -0.39 is 24.5 Å². The molecule has 0 aromatic heterocycles. The molecule has 136 valence electrons. The molecule has 1 rings (SSSR count). The molecular formula is C16H17IO8. The lowest BCUT2D eigenvalue weighted by Crippen LogP contribution is -2.15. The van der Waals surface area contributed by atoms with Gasteiger partial charge in [0.1, 0.15) is 5.57 Å². The number of halogens is 1. The smallest absolute Gasteiger partial charge is 0.345 e.